The summed E-state index contributed by atoms with van der Waals surface area (Å²) in [5, 5.41) is 9.69. The standard InChI is InChI=1S/C64H40N2OS/c1-2-20-46-41(16-1)17-14-26-47(46)42-34-36-44(37-35-42)65(58-31-10-5-23-50(58)53-27-15-28-54-51-24-6-11-32-60(51)67-63(53)54)59-39-38-55-52-25-7-12-33-61(52)68-64(55)62(59)43-18-13-19-45(40-43)66-56-29-8-3-21-48(56)49-22-4-9-30-57(49)66/h1-40H. The van der Waals surface area contributed by atoms with Crippen molar-refractivity contribution in [1.29, 1.82) is 0 Å². The number of benzene rings is 11. The Labute approximate surface area is 396 Å². The molecule has 318 valence electrons. The molecule has 0 saturated carbocycles. The zero-order valence-electron chi connectivity index (χ0n) is 36.8. The molecule has 3 aromatic heterocycles. The first-order chi connectivity index (χ1) is 33.7. The number of para-hydroxylation sites is 5. The summed E-state index contributed by atoms with van der Waals surface area (Å²) in [5.41, 5.74) is 15.3. The highest BCUT2D eigenvalue weighted by atomic mass is 32.1. The van der Waals surface area contributed by atoms with E-state index in [2.05, 4.69) is 246 Å². The second kappa shape index (κ2) is 15.5. The molecule has 0 radical (unpaired) electrons. The van der Waals surface area contributed by atoms with Gasteiger partial charge in [-0.3, -0.25) is 0 Å². The van der Waals surface area contributed by atoms with Crippen LogP contribution in [-0.2, 0) is 0 Å². The Morgan fingerprint density at radius 1 is 0.382 bits per heavy atom. The van der Waals surface area contributed by atoms with Crippen molar-refractivity contribution in [3.63, 3.8) is 0 Å². The van der Waals surface area contributed by atoms with Crippen molar-refractivity contribution in [3.05, 3.63) is 243 Å². The van der Waals surface area contributed by atoms with Crippen LogP contribution in [0.3, 0.4) is 0 Å². The number of hydrogen-bond acceptors (Lipinski definition) is 3. The van der Waals surface area contributed by atoms with Crippen LogP contribution in [0.15, 0.2) is 247 Å². The van der Waals surface area contributed by atoms with Gasteiger partial charge in [-0.25, -0.2) is 0 Å². The molecule has 68 heavy (non-hydrogen) atoms. The minimum absolute atomic E-state index is 0.881. The molecule has 0 aliphatic heterocycles. The van der Waals surface area contributed by atoms with Gasteiger partial charge in [-0.2, -0.15) is 0 Å². The van der Waals surface area contributed by atoms with Crippen LogP contribution in [0.4, 0.5) is 17.1 Å². The van der Waals surface area contributed by atoms with Gasteiger partial charge in [0.2, 0.25) is 0 Å². The van der Waals surface area contributed by atoms with E-state index in [1.54, 1.807) is 0 Å². The molecule has 3 heterocycles. The Bertz CT molecular complexity index is 4230. The fraction of sp³-hybridized carbons (Fsp3) is 0. The molecule has 11 aromatic carbocycles. The zero-order valence-corrected chi connectivity index (χ0v) is 37.6. The third-order valence-corrected chi connectivity index (χ3v) is 15.0. The van der Waals surface area contributed by atoms with Gasteiger partial charge >= 0.3 is 0 Å². The maximum absolute atomic E-state index is 6.76. The van der Waals surface area contributed by atoms with Gasteiger partial charge in [0, 0.05) is 69.8 Å². The van der Waals surface area contributed by atoms with Crippen molar-refractivity contribution >= 4 is 103 Å². The number of hydrogen-bond donors (Lipinski definition) is 0. The minimum atomic E-state index is 0.881. The molecular formula is C64H40N2OS. The first-order valence-corrected chi connectivity index (χ1v) is 24.0. The number of nitrogens with zero attached hydrogens (tertiary/aromatic N) is 2. The third-order valence-electron chi connectivity index (χ3n) is 13.8. The number of fused-ring (bicyclic) bond motifs is 10. The largest absolute Gasteiger partial charge is 0.455 e. The van der Waals surface area contributed by atoms with Crippen molar-refractivity contribution in [1.82, 2.24) is 4.57 Å². The predicted octanol–water partition coefficient (Wildman–Crippen LogP) is 18.7. The molecule has 14 rings (SSSR count). The van der Waals surface area contributed by atoms with Crippen LogP contribution < -0.4 is 4.90 Å². The first-order valence-electron chi connectivity index (χ1n) is 23.2. The van der Waals surface area contributed by atoms with E-state index in [1.807, 2.05) is 17.4 Å². The Morgan fingerprint density at radius 2 is 1.00 bits per heavy atom. The molecule has 0 spiro atoms. The fourth-order valence-corrected chi connectivity index (χ4v) is 12.0. The highest BCUT2D eigenvalue weighted by Crippen LogP contribution is 2.51. The number of thiophene rings is 1. The van der Waals surface area contributed by atoms with Crippen molar-refractivity contribution in [2.75, 3.05) is 4.90 Å². The van der Waals surface area contributed by atoms with E-state index in [1.165, 1.54) is 69.4 Å². The third kappa shape index (κ3) is 5.98. The van der Waals surface area contributed by atoms with E-state index in [4.69, 9.17) is 4.42 Å². The highest BCUT2D eigenvalue weighted by Gasteiger charge is 2.26. The van der Waals surface area contributed by atoms with Crippen LogP contribution in [-0.4, -0.2) is 4.57 Å². The van der Waals surface area contributed by atoms with Gasteiger partial charge in [0.05, 0.1) is 22.4 Å². The molecule has 14 aromatic rings. The minimum Gasteiger partial charge on any atom is -0.455 e. The molecule has 0 amide bonds. The molecule has 0 aliphatic carbocycles. The van der Waals surface area contributed by atoms with Gasteiger partial charge in [0.1, 0.15) is 11.2 Å². The molecular weight excluding hydrogens is 845 g/mol. The quantitative estimate of drug-likeness (QED) is 0.159. The van der Waals surface area contributed by atoms with Gasteiger partial charge < -0.3 is 13.9 Å². The van der Waals surface area contributed by atoms with Crippen LogP contribution in [0.25, 0.3) is 114 Å². The van der Waals surface area contributed by atoms with Crippen LogP contribution in [0.2, 0.25) is 0 Å². The summed E-state index contributed by atoms with van der Waals surface area (Å²) in [5.74, 6) is 0. The lowest BCUT2D eigenvalue weighted by atomic mass is 9.95. The average molecular weight is 885 g/mol. The van der Waals surface area contributed by atoms with E-state index >= 15 is 0 Å². The Morgan fingerprint density at radius 3 is 1.84 bits per heavy atom. The van der Waals surface area contributed by atoms with Crippen LogP contribution in [0, 0.1) is 0 Å². The lowest BCUT2D eigenvalue weighted by Crippen LogP contribution is -2.12. The van der Waals surface area contributed by atoms with Gasteiger partial charge in [0.25, 0.3) is 0 Å². The SMILES string of the molecule is c1cc(-c2c(N(c3ccc(-c4cccc5ccccc45)cc3)c3ccccc3-c3cccc4c3oc3ccccc34)ccc3c2sc2ccccc23)cc(-n2c3ccccc3c3ccccc32)c1. The van der Waals surface area contributed by atoms with Gasteiger partial charge in [-0.15, -0.1) is 11.3 Å². The lowest BCUT2D eigenvalue weighted by molar-refractivity contribution is 0.670. The van der Waals surface area contributed by atoms with Crippen molar-refractivity contribution < 1.29 is 4.42 Å². The van der Waals surface area contributed by atoms with E-state index in [0.717, 1.165) is 61.4 Å². The van der Waals surface area contributed by atoms with E-state index in [-0.39, 0.29) is 0 Å². The molecule has 3 nitrogen and oxygen atoms in total. The summed E-state index contributed by atoms with van der Waals surface area (Å²) in [6.07, 6.45) is 0. The predicted molar refractivity (Wildman–Crippen MR) is 289 cm³/mol. The molecule has 0 atom stereocenters. The van der Waals surface area contributed by atoms with Gasteiger partial charge in [-0.05, 0) is 88.1 Å². The maximum Gasteiger partial charge on any atom is 0.143 e. The molecule has 0 fully saturated rings. The van der Waals surface area contributed by atoms with Crippen molar-refractivity contribution in [2.24, 2.45) is 0 Å². The molecule has 4 heteroatoms. The van der Waals surface area contributed by atoms with Gasteiger partial charge in [-0.1, -0.05) is 182 Å². The van der Waals surface area contributed by atoms with Crippen molar-refractivity contribution in [2.45, 2.75) is 0 Å². The Kier molecular flexibility index (Phi) is 8.76. The van der Waals surface area contributed by atoms with Crippen molar-refractivity contribution in [3.8, 4) is 39.1 Å². The Balaban J connectivity index is 1.05. The fourth-order valence-electron chi connectivity index (χ4n) is 10.8. The summed E-state index contributed by atoms with van der Waals surface area (Å²) in [6.45, 7) is 0. The van der Waals surface area contributed by atoms with E-state index < -0.39 is 0 Å². The number of anilines is 3. The summed E-state index contributed by atoms with van der Waals surface area (Å²) >= 11 is 1.87. The van der Waals surface area contributed by atoms with E-state index in [0.29, 0.717) is 0 Å². The average Bonchev–Trinajstić information content (AvgIpc) is 4.09. The molecule has 0 N–H and O–H groups in total. The number of rotatable bonds is 7. The first kappa shape index (κ1) is 38.6. The summed E-state index contributed by atoms with van der Waals surface area (Å²) in [7, 11) is 0. The zero-order chi connectivity index (χ0) is 44.7. The summed E-state index contributed by atoms with van der Waals surface area (Å²) in [4.78, 5) is 2.48. The number of aromatic nitrogens is 1. The number of furan rings is 1. The van der Waals surface area contributed by atoms with Gasteiger partial charge in [0.15, 0.2) is 0 Å². The van der Waals surface area contributed by atoms with E-state index in [9.17, 15) is 0 Å². The maximum atomic E-state index is 6.76. The normalized spacial score (nSPS) is 11.8. The second-order valence-electron chi connectivity index (χ2n) is 17.6. The van der Waals surface area contributed by atoms with Crippen LogP contribution in [0.5, 0.6) is 0 Å². The second-order valence-corrected chi connectivity index (χ2v) is 18.6. The molecule has 0 saturated heterocycles. The monoisotopic (exact) mass is 884 g/mol. The topological polar surface area (TPSA) is 21.3 Å². The Hall–Kier alpha value is -8.70. The molecule has 0 bridgehead atoms. The summed E-state index contributed by atoms with van der Waals surface area (Å²) in [6, 6.07) is 88.3. The molecule has 0 unspecified atom stereocenters. The smallest absolute Gasteiger partial charge is 0.143 e. The van der Waals surface area contributed by atoms with Crippen LogP contribution >= 0.6 is 11.3 Å². The summed E-state index contributed by atoms with van der Waals surface area (Å²) < 4.78 is 11.7. The molecule has 0 aliphatic rings. The highest BCUT2D eigenvalue weighted by molar-refractivity contribution is 7.26. The van der Waals surface area contributed by atoms with Crippen LogP contribution in [0.1, 0.15) is 0 Å². The lowest BCUT2D eigenvalue weighted by Gasteiger charge is -2.30.